The van der Waals surface area contributed by atoms with Crippen molar-refractivity contribution in [1.29, 1.82) is 0 Å². The van der Waals surface area contributed by atoms with Crippen LogP contribution in [-0.2, 0) is 11.3 Å². The average molecular weight is 399 g/mol. The maximum Gasteiger partial charge on any atom is 0.255 e. The van der Waals surface area contributed by atoms with Gasteiger partial charge in [-0.3, -0.25) is 14.2 Å². The first kappa shape index (κ1) is 21.4. The summed E-state index contributed by atoms with van der Waals surface area (Å²) in [5.74, 6) is 1.54. The van der Waals surface area contributed by atoms with Gasteiger partial charge in [-0.15, -0.1) is 0 Å². The molecule has 2 aromatic rings. The second-order valence-electron chi connectivity index (χ2n) is 8.55. The summed E-state index contributed by atoms with van der Waals surface area (Å²) in [5, 5.41) is 0.991. The predicted molar refractivity (Wildman–Crippen MR) is 118 cm³/mol. The maximum atomic E-state index is 13.4. The molecule has 0 bridgehead atoms. The zero-order chi connectivity index (χ0) is 21.0. The van der Waals surface area contributed by atoms with Crippen LogP contribution >= 0.6 is 0 Å². The van der Waals surface area contributed by atoms with Crippen LogP contribution in [0, 0.1) is 5.92 Å². The third-order valence-corrected chi connectivity index (χ3v) is 6.13. The van der Waals surface area contributed by atoms with E-state index in [0.717, 1.165) is 42.3 Å². The number of hydrogen-bond donors (Lipinski definition) is 0. The molecule has 0 saturated heterocycles. The smallest absolute Gasteiger partial charge is 0.255 e. The van der Waals surface area contributed by atoms with E-state index in [1.54, 1.807) is 11.7 Å². The minimum atomic E-state index is -0.0223. The third kappa shape index (κ3) is 4.82. The number of pyridine rings is 1. The second kappa shape index (κ2) is 9.47. The van der Waals surface area contributed by atoms with Gasteiger partial charge in [-0.05, 0) is 61.6 Å². The summed E-state index contributed by atoms with van der Waals surface area (Å²) in [6, 6.07) is 7.80. The number of aromatic nitrogens is 1. The molecule has 1 aliphatic carbocycles. The Bertz CT molecular complexity index is 910. The van der Waals surface area contributed by atoms with Crippen LogP contribution in [0.5, 0.6) is 5.75 Å². The van der Waals surface area contributed by atoms with Crippen LogP contribution in [0.4, 0.5) is 0 Å². The van der Waals surface area contributed by atoms with Crippen LogP contribution in [0.25, 0.3) is 10.9 Å². The Morgan fingerprint density at radius 2 is 1.97 bits per heavy atom. The fourth-order valence-electron chi connectivity index (χ4n) is 4.30. The van der Waals surface area contributed by atoms with Crippen molar-refractivity contribution in [2.75, 3.05) is 20.2 Å². The fourth-order valence-corrected chi connectivity index (χ4v) is 4.30. The number of benzene rings is 1. The molecule has 3 rings (SSSR count). The largest absolute Gasteiger partial charge is 0.497 e. The van der Waals surface area contributed by atoms with Gasteiger partial charge in [-0.2, -0.15) is 0 Å². The number of carbonyl (C=O) groups is 1. The lowest BCUT2D eigenvalue weighted by molar-refractivity contribution is -0.131. The van der Waals surface area contributed by atoms with Crippen molar-refractivity contribution in [2.24, 2.45) is 5.92 Å². The van der Waals surface area contributed by atoms with E-state index in [4.69, 9.17) is 4.74 Å². The van der Waals surface area contributed by atoms with Crippen molar-refractivity contribution >= 4 is 16.8 Å². The van der Waals surface area contributed by atoms with Crippen molar-refractivity contribution in [3.63, 3.8) is 0 Å². The van der Waals surface area contributed by atoms with E-state index >= 15 is 0 Å². The van der Waals surface area contributed by atoms with Gasteiger partial charge >= 0.3 is 0 Å². The first-order valence-electron chi connectivity index (χ1n) is 10.9. The molecule has 1 aromatic heterocycles. The molecular formula is C24H34N2O3. The second-order valence-corrected chi connectivity index (χ2v) is 8.55. The van der Waals surface area contributed by atoms with Gasteiger partial charge in [0.05, 0.1) is 12.6 Å². The van der Waals surface area contributed by atoms with E-state index in [1.165, 1.54) is 12.8 Å². The molecule has 1 aromatic carbocycles. The van der Waals surface area contributed by atoms with E-state index in [1.807, 2.05) is 36.1 Å². The number of nitrogens with zero attached hydrogens (tertiary/aromatic N) is 2. The van der Waals surface area contributed by atoms with Crippen molar-refractivity contribution in [1.82, 2.24) is 9.47 Å². The molecule has 0 spiro atoms. The summed E-state index contributed by atoms with van der Waals surface area (Å²) in [4.78, 5) is 28.4. The quantitative estimate of drug-likeness (QED) is 0.655. The molecule has 0 atom stereocenters. The molecule has 0 N–H and O–H groups in total. The van der Waals surface area contributed by atoms with Crippen LogP contribution in [0.3, 0.4) is 0 Å². The van der Waals surface area contributed by atoms with Crippen molar-refractivity contribution in [3.8, 4) is 5.75 Å². The number of methoxy groups -OCH3 is 1. The molecule has 5 heteroatoms. The number of fused-ring (bicyclic) bond motifs is 1. The van der Waals surface area contributed by atoms with Gasteiger partial charge in [0.2, 0.25) is 5.91 Å². The van der Waals surface area contributed by atoms with Gasteiger partial charge < -0.3 is 9.64 Å². The summed E-state index contributed by atoms with van der Waals surface area (Å²) in [6.45, 7) is 7.78. The molecule has 1 aliphatic rings. The molecule has 29 heavy (non-hydrogen) atoms. The van der Waals surface area contributed by atoms with Gasteiger partial charge in [0, 0.05) is 24.7 Å². The molecular weight excluding hydrogens is 364 g/mol. The summed E-state index contributed by atoms with van der Waals surface area (Å²) in [7, 11) is 1.62. The van der Waals surface area contributed by atoms with Crippen molar-refractivity contribution < 1.29 is 9.53 Å². The van der Waals surface area contributed by atoms with E-state index in [9.17, 15) is 9.59 Å². The Hall–Kier alpha value is -2.30. The fraction of sp³-hybridized carbons (Fsp3) is 0.583. The highest BCUT2D eigenvalue weighted by molar-refractivity contribution is 5.84. The molecule has 158 valence electrons. The standard InChI is InChI=1S/C24H34N2O3/c1-5-25(13-12-17(2)3)23(27)16-26-22-15-20(29-4)11-10-19(22)14-21(24(26)28)18-8-6-7-9-18/h10-11,14-15,17-18H,5-9,12-13,16H2,1-4H3. The number of hydrogen-bond acceptors (Lipinski definition) is 3. The van der Waals surface area contributed by atoms with Gasteiger partial charge in [0.15, 0.2) is 0 Å². The SMILES string of the molecule is CCN(CCC(C)C)C(=O)Cn1c(=O)c(C2CCCC2)cc2ccc(OC)cc21. The Kier molecular flexibility index (Phi) is 6.99. The first-order valence-corrected chi connectivity index (χ1v) is 10.9. The van der Waals surface area contributed by atoms with E-state index in [0.29, 0.717) is 24.1 Å². The molecule has 5 nitrogen and oxygen atoms in total. The lowest BCUT2D eigenvalue weighted by Gasteiger charge is -2.23. The third-order valence-electron chi connectivity index (χ3n) is 6.13. The van der Waals surface area contributed by atoms with E-state index in [2.05, 4.69) is 13.8 Å². The number of rotatable bonds is 8. The summed E-state index contributed by atoms with van der Waals surface area (Å²) in [6.07, 6.45) is 5.41. The molecule has 0 radical (unpaired) electrons. The number of ether oxygens (including phenoxy) is 1. The Morgan fingerprint density at radius 1 is 1.24 bits per heavy atom. The topological polar surface area (TPSA) is 51.5 Å². The Labute approximate surface area is 173 Å². The highest BCUT2D eigenvalue weighted by Gasteiger charge is 2.23. The monoisotopic (exact) mass is 398 g/mol. The first-order chi connectivity index (χ1) is 13.9. The zero-order valence-electron chi connectivity index (χ0n) is 18.2. The maximum absolute atomic E-state index is 13.4. The number of likely N-dealkylation sites (N-methyl/N-ethyl adjacent to an activating group) is 1. The highest BCUT2D eigenvalue weighted by atomic mass is 16.5. The lowest BCUT2D eigenvalue weighted by atomic mass is 9.97. The highest BCUT2D eigenvalue weighted by Crippen LogP contribution is 2.34. The van der Waals surface area contributed by atoms with Crippen molar-refractivity contribution in [3.05, 3.63) is 40.2 Å². The minimum absolute atomic E-state index is 0.00272. The van der Waals surface area contributed by atoms with E-state index in [-0.39, 0.29) is 18.0 Å². The predicted octanol–water partition coefficient (Wildman–Crippen LogP) is 4.56. The lowest BCUT2D eigenvalue weighted by Crippen LogP contribution is -2.38. The molecule has 0 aliphatic heterocycles. The Balaban J connectivity index is 2.02. The van der Waals surface area contributed by atoms with Gasteiger partial charge in [-0.1, -0.05) is 26.7 Å². The van der Waals surface area contributed by atoms with Crippen molar-refractivity contribution in [2.45, 2.75) is 65.3 Å². The average Bonchev–Trinajstić information content (AvgIpc) is 3.24. The Morgan fingerprint density at radius 3 is 2.59 bits per heavy atom. The van der Waals surface area contributed by atoms with Crippen LogP contribution in [0.1, 0.15) is 64.4 Å². The van der Waals surface area contributed by atoms with Crippen LogP contribution in [-0.4, -0.2) is 35.6 Å². The molecule has 1 amide bonds. The minimum Gasteiger partial charge on any atom is -0.497 e. The van der Waals surface area contributed by atoms with Crippen LogP contribution in [0.2, 0.25) is 0 Å². The summed E-state index contributed by atoms with van der Waals surface area (Å²) < 4.78 is 7.05. The summed E-state index contributed by atoms with van der Waals surface area (Å²) >= 11 is 0. The van der Waals surface area contributed by atoms with Crippen LogP contribution < -0.4 is 10.3 Å². The van der Waals surface area contributed by atoms with Gasteiger partial charge in [-0.25, -0.2) is 0 Å². The van der Waals surface area contributed by atoms with Gasteiger partial charge in [0.25, 0.3) is 5.56 Å². The van der Waals surface area contributed by atoms with Crippen LogP contribution in [0.15, 0.2) is 29.1 Å². The normalized spacial score (nSPS) is 14.7. The molecule has 0 unspecified atom stereocenters. The molecule has 1 saturated carbocycles. The zero-order valence-corrected chi connectivity index (χ0v) is 18.2. The number of amides is 1. The van der Waals surface area contributed by atoms with E-state index < -0.39 is 0 Å². The molecule has 1 heterocycles. The molecule has 1 fully saturated rings. The van der Waals surface area contributed by atoms with Gasteiger partial charge in [0.1, 0.15) is 12.3 Å². The summed E-state index contributed by atoms with van der Waals surface area (Å²) in [5.41, 5.74) is 1.61. The number of carbonyl (C=O) groups excluding carboxylic acids is 1.